The van der Waals surface area contributed by atoms with Gasteiger partial charge in [0.05, 0.1) is 6.61 Å². The van der Waals surface area contributed by atoms with Crippen molar-refractivity contribution in [3.05, 3.63) is 0 Å². The minimum Gasteiger partial charge on any atom is -0.465 e. The van der Waals surface area contributed by atoms with Crippen molar-refractivity contribution < 1.29 is 19.4 Å². The summed E-state index contributed by atoms with van der Waals surface area (Å²) < 4.78 is 4.98. The maximum Gasteiger partial charge on any atom is 0.314 e. The fourth-order valence-electron chi connectivity index (χ4n) is 1.90. The monoisotopic (exact) mass is 229 g/mol. The van der Waals surface area contributed by atoms with Crippen LogP contribution in [0.15, 0.2) is 0 Å². The van der Waals surface area contributed by atoms with Crippen molar-refractivity contribution in [3.8, 4) is 0 Å². The fraction of sp³-hybridized carbons (Fsp3) is 0.818. The van der Waals surface area contributed by atoms with Crippen molar-refractivity contribution in [2.45, 2.75) is 45.3 Å². The Labute approximate surface area is 95.2 Å². The third-order valence-corrected chi connectivity index (χ3v) is 2.69. The van der Waals surface area contributed by atoms with Crippen molar-refractivity contribution >= 4 is 11.9 Å². The maximum atomic E-state index is 11.7. The van der Waals surface area contributed by atoms with Gasteiger partial charge < -0.3 is 15.2 Å². The molecule has 0 aliphatic carbocycles. The molecule has 0 aromatic rings. The molecule has 0 saturated carbocycles. The molecule has 5 heteroatoms. The van der Waals surface area contributed by atoms with Gasteiger partial charge in [0.2, 0.25) is 5.91 Å². The molecule has 2 N–H and O–H groups in total. The van der Waals surface area contributed by atoms with Crippen molar-refractivity contribution in [2.24, 2.45) is 5.92 Å². The van der Waals surface area contributed by atoms with Crippen LogP contribution in [0.4, 0.5) is 0 Å². The molecule has 1 aliphatic heterocycles. The lowest BCUT2D eigenvalue weighted by Gasteiger charge is -2.18. The SMILES string of the molecule is CCCOC(=O)[C@@H]1[C@H](CCC)NC(=O)[C@@H]1O. The molecule has 1 fully saturated rings. The van der Waals surface area contributed by atoms with E-state index >= 15 is 0 Å². The Kier molecular flexibility index (Phi) is 4.73. The molecular formula is C11H19NO4. The van der Waals surface area contributed by atoms with Crippen molar-refractivity contribution in [1.29, 1.82) is 0 Å². The average molecular weight is 229 g/mol. The number of rotatable bonds is 5. The minimum absolute atomic E-state index is 0.295. The highest BCUT2D eigenvalue weighted by molar-refractivity contribution is 5.91. The fourth-order valence-corrected chi connectivity index (χ4v) is 1.90. The zero-order chi connectivity index (χ0) is 12.1. The van der Waals surface area contributed by atoms with Gasteiger partial charge in [-0.05, 0) is 12.8 Å². The molecule has 16 heavy (non-hydrogen) atoms. The molecule has 92 valence electrons. The van der Waals surface area contributed by atoms with E-state index in [1.807, 2.05) is 13.8 Å². The van der Waals surface area contributed by atoms with Crippen LogP contribution in [0.1, 0.15) is 33.1 Å². The van der Waals surface area contributed by atoms with Crippen LogP contribution < -0.4 is 5.32 Å². The number of hydrogen-bond donors (Lipinski definition) is 2. The highest BCUT2D eigenvalue weighted by Gasteiger charge is 2.45. The molecule has 3 atom stereocenters. The number of hydrogen-bond acceptors (Lipinski definition) is 4. The normalized spacial score (nSPS) is 28.9. The molecule has 0 spiro atoms. The summed E-state index contributed by atoms with van der Waals surface area (Å²) in [6.45, 7) is 4.19. The van der Waals surface area contributed by atoms with Gasteiger partial charge >= 0.3 is 5.97 Å². The lowest BCUT2D eigenvalue weighted by Crippen LogP contribution is -2.35. The van der Waals surface area contributed by atoms with Gasteiger partial charge in [-0.2, -0.15) is 0 Å². The Balaban J connectivity index is 2.65. The Morgan fingerprint density at radius 3 is 2.69 bits per heavy atom. The molecule has 1 saturated heterocycles. The van der Waals surface area contributed by atoms with E-state index in [4.69, 9.17) is 4.74 Å². The van der Waals surface area contributed by atoms with Gasteiger partial charge in [-0.15, -0.1) is 0 Å². The number of amides is 1. The molecule has 1 aliphatic rings. The number of carbonyl (C=O) groups excluding carboxylic acids is 2. The Morgan fingerprint density at radius 1 is 1.44 bits per heavy atom. The van der Waals surface area contributed by atoms with E-state index in [1.54, 1.807) is 0 Å². The predicted octanol–water partition coefficient (Wildman–Crippen LogP) is 0.215. The Hall–Kier alpha value is -1.10. The van der Waals surface area contributed by atoms with Gasteiger partial charge in [0.1, 0.15) is 12.0 Å². The summed E-state index contributed by atoms with van der Waals surface area (Å²) in [5.41, 5.74) is 0. The number of ether oxygens (including phenoxy) is 1. The smallest absolute Gasteiger partial charge is 0.314 e. The quantitative estimate of drug-likeness (QED) is 0.661. The van der Waals surface area contributed by atoms with Crippen LogP contribution in [0.25, 0.3) is 0 Å². The first-order valence-corrected chi connectivity index (χ1v) is 5.76. The third kappa shape index (κ3) is 2.72. The van der Waals surface area contributed by atoms with Crippen molar-refractivity contribution in [3.63, 3.8) is 0 Å². The van der Waals surface area contributed by atoms with E-state index in [0.717, 1.165) is 12.8 Å². The van der Waals surface area contributed by atoms with E-state index in [0.29, 0.717) is 13.0 Å². The second kappa shape index (κ2) is 5.84. The molecule has 1 amide bonds. The van der Waals surface area contributed by atoms with E-state index < -0.39 is 23.9 Å². The van der Waals surface area contributed by atoms with Crippen LogP contribution in [0.3, 0.4) is 0 Å². The minimum atomic E-state index is -1.26. The summed E-state index contributed by atoms with van der Waals surface area (Å²) >= 11 is 0. The number of nitrogens with one attached hydrogen (secondary N) is 1. The standard InChI is InChI=1S/C11H19NO4/c1-3-5-7-8(9(13)10(14)12-7)11(15)16-6-4-2/h7-9,13H,3-6H2,1-2H3,(H,12,14)/t7-,8+,9+/m0/s1. The molecule has 0 unspecified atom stereocenters. The molecule has 5 nitrogen and oxygen atoms in total. The van der Waals surface area contributed by atoms with Gasteiger partial charge in [0.15, 0.2) is 0 Å². The summed E-state index contributed by atoms with van der Waals surface area (Å²) in [6, 6.07) is -0.295. The second-order valence-corrected chi connectivity index (χ2v) is 4.04. The van der Waals surface area contributed by atoms with E-state index in [9.17, 15) is 14.7 Å². The number of aliphatic hydroxyl groups is 1. The first-order valence-electron chi connectivity index (χ1n) is 5.76. The summed E-state index contributed by atoms with van der Waals surface area (Å²) in [7, 11) is 0. The van der Waals surface area contributed by atoms with Gasteiger partial charge in [0.25, 0.3) is 0 Å². The van der Waals surface area contributed by atoms with Gasteiger partial charge in [-0.3, -0.25) is 9.59 Å². The van der Waals surface area contributed by atoms with Crippen LogP contribution in [0.2, 0.25) is 0 Å². The lowest BCUT2D eigenvalue weighted by atomic mass is 9.95. The van der Waals surface area contributed by atoms with Crippen LogP contribution in [0.5, 0.6) is 0 Å². The molecule has 0 radical (unpaired) electrons. The van der Waals surface area contributed by atoms with Gasteiger partial charge in [-0.25, -0.2) is 0 Å². The van der Waals surface area contributed by atoms with Gasteiger partial charge in [0, 0.05) is 6.04 Å². The van der Waals surface area contributed by atoms with Crippen molar-refractivity contribution in [1.82, 2.24) is 5.32 Å². The zero-order valence-corrected chi connectivity index (χ0v) is 9.73. The highest BCUT2D eigenvalue weighted by atomic mass is 16.5. The maximum absolute atomic E-state index is 11.7. The van der Waals surface area contributed by atoms with Crippen LogP contribution in [0, 0.1) is 5.92 Å². The van der Waals surface area contributed by atoms with E-state index in [1.165, 1.54) is 0 Å². The lowest BCUT2D eigenvalue weighted by molar-refractivity contribution is -0.153. The van der Waals surface area contributed by atoms with E-state index in [-0.39, 0.29) is 6.04 Å². The third-order valence-electron chi connectivity index (χ3n) is 2.69. The summed E-state index contributed by atoms with van der Waals surface area (Å²) in [4.78, 5) is 23.0. The van der Waals surface area contributed by atoms with Crippen LogP contribution in [-0.4, -0.2) is 35.7 Å². The topological polar surface area (TPSA) is 75.6 Å². The Morgan fingerprint density at radius 2 is 2.12 bits per heavy atom. The highest BCUT2D eigenvalue weighted by Crippen LogP contribution is 2.22. The Bertz CT molecular complexity index is 267. The summed E-state index contributed by atoms with van der Waals surface area (Å²) in [5, 5.41) is 12.2. The second-order valence-electron chi connectivity index (χ2n) is 4.04. The first-order chi connectivity index (χ1) is 7.61. The number of aliphatic hydroxyl groups excluding tert-OH is 1. The number of carbonyl (C=O) groups is 2. The van der Waals surface area contributed by atoms with Crippen LogP contribution >= 0.6 is 0 Å². The molecule has 1 rings (SSSR count). The molecule has 0 aromatic carbocycles. The zero-order valence-electron chi connectivity index (χ0n) is 9.73. The summed E-state index contributed by atoms with van der Waals surface area (Å²) in [6.07, 6.45) is 0.985. The predicted molar refractivity (Wildman–Crippen MR) is 57.6 cm³/mol. The average Bonchev–Trinajstić information content (AvgIpc) is 2.52. The summed E-state index contributed by atoms with van der Waals surface area (Å²) in [5.74, 6) is -1.71. The molecule has 1 heterocycles. The van der Waals surface area contributed by atoms with Gasteiger partial charge in [-0.1, -0.05) is 20.3 Å². The molecule has 0 bridgehead atoms. The largest absolute Gasteiger partial charge is 0.465 e. The van der Waals surface area contributed by atoms with Crippen LogP contribution in [-0.2, 0) is 14.3 Å². The van der Waals surface area contributed by atoms with E-state index in [2.05, 4.69) is 5.32 Å². The molecular weight excluding hydrogens is 210 g/mol. The van der Waals surface area contributed by atoms with Crippen molar-refractivity contribution in [2.75, 3.05) is 6.61 Å². The number of esters is 1. The molecule has 0 aromatic heterocycles. The first kappa shape index (κ1) is 13.0.